The number of ether oxygens (including phenoxy) is 2. The van der Waals surface area contributed by atoms with Gasteiger partial charge in [0.15, 0.2) is 0 Å². The zero-order chi connectivity index (χ0) is 15.5. The monoisotopic (exact) mass is 372 g/mol. The van der Waals surface area contributed by atoms with E-state index in [9.17, 15) is 8.42 Å². The zero-order valence-electron chi connectivity index (χ0n) is 11.3. The third kappa shape index (κ3) is 3.64. The summed E-state index contributed by atoms with van der Waals surface area (Å²) in [7, 11) is -0.925. The summed E-state index contributed by atoms with van der Waals surface area (Å²) in [5.41, 5.74) is 0. The van der Waals surface area contributed by atoms with Gasteiger partial charge in [-0.05, 0) is 40.2 Å². The van der Waals surface area contributed by atoms with E-state index in [1.54, 1.807) is 24.3 Å². The van der Waals surface area contributed by atoms with Crippen LogP contribution in [0.2, 0.25) is 0 Å². The number of pyridine rings is 1. The fraction of sp³-hybridized carbons (Fsp3) is 0.154. The maximum Gasteiger partial charge on any atom is 0.266 e. The Bertz CT molecular complexity index is 750. The molecule has 1 aromatic carbocycles. The Labute approximate surface area is 131 Å². The van der Waals surface area contributed by atoms with E-state index in [2.05, 4.69) is 25.6 Å². The van der Waals surface area contributed by atoms with Crippen LogP contribution < -0.4 is 14.2 Å². The molecule has 2 rings (SSSR count). The lowest BCUT2D eigenvalue weighted by Gasteiger charge is -2.12. The van der Waals surface area contributed by atoms with Crippen LogP contribution in [0, 0.1) is 0 Å². The summed E-state index contributed by atoms with van der Waals surface area (Å²) < 4.78 is 37.9. The predicted octanol–water partition coefficient (Wildman–Crippen LogP) is 2.66. The van der Waals surface area contributed by atoms with E-state index in [0.29, 0.717) is 10.4 Å². The molecule has 0 fully saturated rings. The molecule has 1 aromatic heterocycles. The second-order valence-electron chi connectivity index (χ2n) is 3.97. The molecule has 0 saturated carbocycles. The fourth-order valence-electron chi connectivity index (χ4n) is 1.65. The van der Waals surface area contributed by atoms with Gasteiger partial charge in [-0.2, -0.15) is 0 Å². The average molecular weight is 373 g/mol. The third-order valence-corrected chi connectivity index (χ3v) is 4.45. The molecule has 0 radical (unpaired) electrons. The van der Waals surface area contributed by atoms with E-state index in [4.69, 9.17) is 9.47 Å². The van der Waals surface area contributed by atoms with E-state index >= 15 is 0 Å². The molecular formula is C13H13BrN2O4S. The minimum absolute atomic E-state index is 0.00701. The number of nitrogens with zero attached hydrogens (tertiary/aromatic N) is 1. The predicted molar refractivity (Wildman–Crippen MR) is 82.3 cm³/mol. The van der Waals surface area contributed by atoms with Crippen LogP contribution in [-0.4, -0.2) is 27.6 Å². The van der Waals surface area contributed by atoms with Crippen molar-refractivity contribution < 1.29 is 17.9 Å². The minimum atomic E-state index is -3.81. The summed E-state index contributed by atoms with van der Waals surface area (Å²) >= 11 is 3.19. The lowest BCUT2D eigenvalue weighted by molar-refractivity contribution is 0.386. The number of hydrogen-bond donors (Lipinski definition) is 1. The molecule has 0 saturated heterocycles. The van der Waals surface area contributed by atoms with Crippen molar-refractivity contribution in [2.75, 3.05) is 18.9 Å². The number of aromatic nitrogens is 1. The maximum absolute atomic E-state index is 12.4. The Hall–Kier alpha value is -1.80. The van der Waals surface area contributed by atoms with E-state index in [1.807, 2.05) is 0 Å². The third-order valence-electron chi connectivity index (χ3n) is 2.61. The Morgan fingerprint density at radius 2 is 1.90 bits per heavy atom. The maximum atomic E-state index is 12.4. The van der Waals surface area contributed by atoms with Crippen molar-refractivity contribution in [3.63, 3.8) is 0 Å². The summed E-state index contributed by atoms with van der Waals surface area (Å²) in [5, 5.41) is 0. The summed E-state index contributed by atoms with van der Waals surface area (Å²) in [4.78, 5) is 4.04. The molecule has 0 aliphatic rings. The van der Waals surface area contributed by atoms with Gasteiger partial charge in [0.1, 0.15) is 26.8 Å². The summed E-state index contributed by atoms with van der Waals surface area (Å²) in [6.45, 7) is 0. The number of anilines is 1. The molecule has 0 aliphatic heterocycles. The molecule has 0 bridgehead atoms. The summed E-state index contributed by atoms with van der Waals surface area (Å²) in [6, 6.07) is 9.40. The molecule has 0 atom stereocenters. The number of benzene rings is 1. The highest BCUT2D eigenvalue weighted by atomic mass is 79.9. The van der Waals surface area contributed by atoms with E-state index in [0.717, 1.165) is 0 Å². The topological polar surface area (TPSA) is 77.5 Å². The van der Waals surface area contributed by atoms with Crippen LogP contribution in [0.3, 0.4) is 0 Å². The van der Waals surface area contributed by atoms with Crippen LogP contribution in [0.4, 0.5) is 5.82 Å². The van der Waals surface area contributed by atoms with E-state index in [1.165, 1.54) is 26.4 Å². The second kappa shape index (κ2) is 6.31. The van der Waals surface area contributed by atoms with Crippen LogP contribution in [0.15, 0.2) is 45.9 Å². The van der Waals surface area contributed by atoms with Crippen molar-refractivity contribution in [3.05, 3.63) is 41.0 Å². The van der Waals surface area contributed by atoms with Gasteiger partial charge in [-0.1, -0.05) is 6.07 Å². The summed E-state index contributed by atoms with van der Waals surface area (Å²) in [5.74, 6) is 0.908. The molecule has 21 heavy (non-hydrogen) atoms. The lowest BCUT2D eigenvalue weighted by Crippen LogP contribution is -2.15. The molecule has 1 N–H and O–H groups in total. The largest absolute Gasteiger partial charge is 0.497 e. The number of halogens is 1. The van der Waals surface area contributed by atoms with Crippen LogP contribution in [-0.2, 0) is 10.0 Å². The average Bonchev–Trinajstić information content (AvgIpc) is 2.46. The van der Waals surface area contributed by atoms with Gasteiger partial charge < -0.3 is 9.47 Å². The van der Waals surface area contributed by atoms with Crippen molar-refractivity contribution >= 4 is 31.8 Å². The molecule has 1 heterocycles. The van der Waals surface area contributed by atoms with E-state index < -0.39 is 10.0 Å². The molecule has 0 amide bonds. The smallest absolute Gasteiger partial charge is 0.266 e. The van der Waals surface area contributed by atoms with Crippen LogP contribution in [0.1, 0.15) is 0 Å². The molecule has 0 spiro atoms. The van der Waals surface area contributed by atoms with Gasteiger partial charge in [0.25, 0.3) is 10.0 Å². The minimum Gasteiger partial charge on any atom is -0.497 e. The quantitative estimate of drug-likeness (QED) is 0.816. The number of rotatable bonds is 5. The van der Waals surface area contributed by atoms with Gasteiger partial charge in [0, 0.05) is 6.07 Å². The van der Waals surface area contributed by atoms with Crippen LogP contribution >= 0.6 is 15.9 Å². The normalized spacial score (nSPS) is 11.0. The highest BCUT2D eigenvalue weighted by molar-refractivity contribution is 9.10. The van der Waals surface area contributed by atoms with E-state index in [-0.39, 0.29) is 16.5 Å². The molecule has 6 nitrogen and oxygen atoms in total. The fourth-order valence-corrected chi connectivity index (χ4v) is 3.15. The number of nitrogens with one attached hydrogen (secondary N) is 1. The van der Waals surface area contributed by atoms with Gasteiger partial charge >= 0.3 is 0 Å². The first-order chi connectivity index (χ1) is 9.96. The van der Waals surface area contributed by atoms with Gasteiger partial charge in [-0.3, -0.25) is 4.72 Å². The number of hydrogen-bond acceptors (Lipinski definition) is 5. The van der Waals surface area contributed by atoms with Crippen molar-refractivity contribution in [2.24, 2.45) is 0 Å². The summed E-state index contributed by atoms with van der Waals surface area (Å²) in [6.07, 6.45) is 0. The SMILES string of the molecule is COc1ccc(S(=O)(=O)Nc2cccc(Br)n2)c(OC)c1. The van der Waals surface area contributed by atoms with Gasteiger partial charge in [-0.25, -0.2) is 13.4 Å². The lowest BCUT2D eigenvalue weighted by atomic mass is 10.3. The molecular weight excluding hydrogens is 360 g/mol. The standard InChI is InChI=1S/C13H13BrN2O4S/c1-19-9-6-7-11(10(8-9)20-2)21(17,18)16-13-5-3-4-12(14)15-13/h3-8H,1-2H3,(H,15,16). The Balaban J connectivity index is 2.40. The van der Waals surface area contributed by atoms with Crippen molar-refractivity contribution in [3.8, 4) is 11.5 Å². The number of sulfonamides is 1. The van der Waals surface area contributed by atoms with Gasteiger partial charge in [-0.15, -0.1) is 0 Å². The van der Waals surface area contributed by atoms with Gasteiger partial charge in [0.2, 0.25) is 0 Å². The molecule has 2 aromatic rings. The highest BCUT2D eigenvalue weighted by Gasteiger charge is 2.20. The zero-order valence-corrected chi connectivity index (χ0v) is 13.7. The van der Waals surface area contributed by atoms with Crippen LogP contribution in [0.5, 0.6) is 11.5 Å². The molecule has 8 heteroatoms. The highest BCUT2D eigenvalue weighted by Crippen LogP contribution is 2.29. The molecule has 0 unspecified atom stereocenters. The van der Waals surface area contributed by atoms with Crippen LogP contribution in [0.25, 0.3) is 0 Å². The molecule has 0 aliphatic carbocycles. The second-order valence-corrected chi connectivity index (χ2v) is 6.43. The first-order valence-corrected chi connectivity index (χ1v) is 8.11. The number of methoxy groups -OCH3 is 2. The van der Waals surface area contributed by atoms with Crippen molar-refractivity contribution in [2.45, 2.75) is 4.90 Å². The molecule has 112 valence electrons. The Kier molecular flexibility index (Phi) is 4.69. The van der Waals surface area contributed by atoms with Gasteiger partial charge in [0.05, 0.1) is 14.2 Å². The van der Waals surface area contributed by atoms with Crippen molar-refractivity contribution in [1.82, 2.24) is 4.98 Å². The first kappa shape index (κ1) is 15.6. The Morgan fingerprint density at radius 1 is 1.14 bits per heavy atom. The van der Waals surface area contributed by atoms with Crippen molar-refractivity contribution in [1.29, 1.82) is 0 Å². The Morgan fingerprint density at radius 3 is 2.52 bits per heavy atom. The first-order valence-electron chi connectivity index (χ1n) is 5.83.